The lowest BCUT2D eigenvalue weighted by Crippen LogP contribution is -2.18. The van der Waals surface area contributed by atoms with Crippen LogP contribution < -0.4 is 5.73 Å². The molecule has 0 aromatic carbocycles. The topological polar surface area (TPSA) is 56.7 Å². The number of nitrogens with zero attached hydrogens (tertiary/aromatic N) is 3. The summed E-state index contributed by atoms with van der Waals surface area (Å²) in [5.41, 5.74) is 7.35. The monoisotopic (exact) mass is 328 g/mol. The van der Waals surface area contributed by atoms with Gasteiger partial charge in [-0.2, -0.15) is 5.10 Å². The summed E-state index contributed by atoms with van der Waals surface area (Å²) >= 11 is 5.11. The van der Waals surface area contributed by atoms with Gasteiger partial charge in [0.1, 0.15) is 12.2 Å². The van der Waals surface area contributed by atoms with E-state index in [0.717, 1.165) is 28.1 Å². The number of hydrogen-bond donors (Lipinski definition) is 1. The summed E-state index contributed by atoms with van der Waals surface area (Å²) in [6.07, 6.45) is 2.32. The van der Waals surface area contributed by atoms with Gasteiger partial charge in [0.25, 0.3) is 0 Å². The van der Waals surface area contributed by atoms with Gasteiger partial charge in [-0.25, -0.2) is 9.67 Å². The summed E-state index contributed by atoms with van der Waals surface area (Å²) in [5.74, 6) is 1.51. The largest absolute Gasteiger partial charge is 0.324 e. The number of rotatable bonds is 5. The summed E-state index contributed by atoms with van der Waals surface area (Å²) in [6, 6.07) is 2.04. The molecule has 4 nitrogen and oxygen atoms in total. The van der Waals surface area contributed by atoms with Gasteiger partial charge in [-0.1, -0.05) is 13.8 Å². The van der Waals surface area contributed by atoms with Crippen LogP contribution in [0.4, 0.5) is 0 Å². The minimum Gasteiger partial charge on any atom is -0.324 e. The molecule has 6 heteroatoms. The molecule has 1 atom stereocenters. The third-order valence-electron chi connectivity index (χ3n) is 2.65. The fourth-order valence-electron chi connectivity index (χ4n) is 1.78. The van der Waals surface area contributed by atoms with E-state index >= 15 is 0 Å². The molecular formula is C12H17BrN4S. The maximum Gasteiger partial charge on any atom is 0.138 e. The Kier molecular flexibility index (Phi) is 4.53. The van der Waals surface area contributed by atoms with Gasteiger partial charge < -0.3 is 5.73 Å². The van der Waals surface area contributed by atoms with Crippen molar-refractivity contribution in [3.05, 3.63) is 32.9 Å². The van der Waals surface area contributed by atoms with Crippen LogP contribution in [0.15, 0.2) is 21.6 Å². The van der Waals surface area contributed by atoms with Crippen LogP contribution in [-0.2, 0) is 13.0 Å². The normalized spacial score (nSPS) is 13.2. The summed E-state index contributed by atoms with van der Waals surface area (Å²) in [5, 5.41) is 6.33. The second kappa shape index (κ2) is 5.95. The van der Waals surface area contributed by atoms with E-state index in [1.807, 2.05) is 4.68 Å². The van der Waals surface area contributed by atoms with Gasteiger partial charge in [-0.15, -0.1) is 11.3 Å². The van der Waals surface area contributed by atoms with Crippen molar-refractivity contribution < 1.29 is 0 Å². The number of nitrogens with two attached hydrogens (primary N) is 1. The Morgan fingerprint density at radius 1 is 1.50 bits per heavy atom. The maximum atomic E-state index is 6.20. The summed E-state index contributed by atoms with van der Waals surface area (Å²) in [7, 11) is 0. The summed E-state index contributed by atoms with van der Waals surface area (Å²) < 4.78 is 3.06. The Morgan fingerprint density at radius 3 is 2.89 bits per heavy atom. The number of hydrogen-bond acceptors (Lipinski definition) is 4. The lowest BCUT2D eigenvalue weighted by Gasteiger charge is -2.12. The summed E-state index contributed by atoms with van der Waals surface area (Å²) in [4.78, 5) is 4.31. The molecular weight excluding hydrogens is 312 g/mol. The van der Waals surface area contributed by atoms with Crippen LogP contribution in [0.2, 0.25) is 0 Å². The molecule has 2 aromatic rings. The van der Waals surface area contributed by atoms with Crippen molar-refractivity contribution in [1.29, 1.82) is 0 Å². The zero-order valence-electron chi connectivity index (χ0n) is 10.5. The SMILES string of the molecule is CC(C)Cn1ncnc1CC(N)c1csc(Br)c1. The van der Waals surface area contributed by atoms with Crippen LogP contribution in [-0.4, -0.2) is 14.8 Å². The van der Waals surface area contributed by atoms with Crippen LogP contribution in [0.5, 0.6) is 0 Å². The van der Waals surface area contributed by atoms with Gasteiger partial charge in [0, 0.05) is 19.0 Å². The highest BCUT2D eigenvalue weighted by atomic mass is 79.9. The average Bonchev–Trinajstić information content (AvgIpc) is 2.88. The average molecular weight is 329 g/mol. The lowest BCUT2D eigenvalue weighted by molar-refractivity contribution is 0.459. The molecule has 1 unspecified atom stereocenters. The predicted octanol–water partition coefficient (Wildman–Crippen LogP) is 3.00. The molecule has 0 aliphatic heterocycles. The summed E-state index contributed by atoms with van der Waals surface area (Å²) in [6.45, 7) is 5.22. The molecule has 0 radical (unpaired) electrons. The van der Waals surface area contributed by atoms with Crippen molar-refractivity contribution in [2.75, 3.05) is 0 Å². The van der Waals surface area contributed by atoms with Gasteiger partial charge in [0.05, 0.1) is 3.79 Å². The van der Waals surface area contributed by atoms with Crippen molar-refractivity contribution in [3.63, 3.8) is 0 Å². The standard InChI is InChI=1S/C12H17BrN4S/c1-8(2)5-17-12(15-7-16-17)4-10(14)9-3-11(13)18-6-9/h3,6-8,10H,4-5,14H2,1-2H3. The second-order valence-electron chi connectivity index (χ2n) is 4.75. The highest BCUT2D eigenvalue weighted by molar-refractivity contribution is 9.11. The van der Waals surface area contributed by atoms with Crippen LogP contribution in [0.3, 0.4) is 0 Å². The zero-order chi connectivity index (χ0) is 13.1. The first kappa shape index (κ1) is 13.7. The van der Waals surface area contributed by atoms with Crippen molar-refractivity contribution in [2.45, 2.75) is 32.9 Å². The number of halogens is 1. The Labute approximate surface area is 119 Å². The second-order valence-corrected chi connectivity index (χ2v) is 7.04. The molecule has 0 aliphatic rings. The first-order valence-electron chi connectivity index (χ1n) is 5.92. The molecule has 2 heterocycles. The first-order valence-corrected chi connectivity index (χ1v) is 7.59. The molecule has 0 fully saturated rings. The molecule has 18 heavy (non-hydrogen) atoms. The fourth-order valence-corrected chi connectivity index (χ4v) is 3.02. The van der Waals surface area contributed by atoms with E-state index in [-0.39, 0.29) is 6.04 Å². The van der Waals surface area contributed by atoms with Crippen LogP contribution in [0.1, 0.15) is 31.3 Å². The maximum absolute atomic E-state index is 6.20. The predicted molar refractivity (Wildman–Crippen MR) is 77.5 cm³/mol. The van der Waals surface area contributed by atoms with Gasteiger partial charge in [-0.3, -0.25) is 0 Å². The van der Waals surface area contributed by atoms with E-state index in [4.69, 9.17) is 5.73 Å². The molecule has 0 saturated heterocycles. The van der Waals surface area contributed by atoms with E-state index in [9.17, 15) is 0 Å². The van der Waals surface area contributed by atoms with Crippen molar-refractivity contribution in [1.82, 2.24) is 14.8 Å². The highest BCUT2D eigenvalue weighted by Crippen LogP contribution is 2.25. The number of aromatic nitrogens is 3. The van der Waals surface area contributed by atoms with Gasteiger partial charge in [0.2, 0.25) is 0 Å². The molecule has 98 valence electrons. The van der Waals surface area contributed by atoms with E-state index in [1.165, 1.54) is 0 Å². The van der Waals surface area contributed by atoms with Crippen molar-refractivity contribution >= 4 is 27.3 Å². The van der Waals surface area contributed by atoms with Crippen LogP contribution >= 0.6 is 27.3 Å². The van der Waals surface area contributed by atoms with Gasteiger partial charge in [-0.05, 0) is 38.9 Å². The minimum absolute atomic E-state index is 0.0253. The third-order valence-corrected chi connectivity index (χ3v) is 4.17. The van der Waals surface area contributed by atoms with Crippen LogP contribution in [0.25, 0.3) is 0 Å². The van der Waals surface area contributed by atoms with E-state index in [2.05, 4.69) is 51.3 Å². The molecule has 2 aromatic heterocycles. The third kappa shape index (κ3) is 3.40. The first-order chi connectivity index (χ1) is 8.56. The van der Waals surface area contributed by atoms with E-state index in [0.29, 0.717) is 5.92 Å². The molecule has 2 N–H and O–H groups in total. The molecule has 0 spiro atoms. The Bertz CT molecular complexity index is 506. The Morgan fingerprint density at radius 2 is 2.28 bits per heavy atom. The van der Waals surface area contributed by atoms with Crippen molar-refractivity contribution in [2.24, 2.45) is 11.7 Å². The zero-order valence-corrected chi connectivity index (χ0v) is 12.9. The van der Waals surface area contributed by atoms with Crippen molar-refractivity contribution in [3.8, 4) is 0 Å². The molecule has 2 rings (SSSR count). The Balaban J connectivity index is 2.07. The fraction of sp³-hybridized carbons (Fsp3) is 0.500. The molecule has 0 aliphatic carbocycles. The van der Waals surface area contributed by atoms with Gasteiger partial charge >= 0.3 is 0 Å². The quantitative estimate of drug-likeness (QED) is 0.917. The van der Waals surface area contributed by atoms with E-state index < -0.39 is 0 Å². The highest BCUT2D eigenvalue weighted by Gasteiger charge is 2.13. The molecule has 0 saturated carbocycles. The molecule has 0 bridgehead atoms. The number of thiophene rings is 1. The molecule has 0 amide bonds. The minimum atomic E-state index is -0.0253. The lowest BCUT2D eigenvalue weighted by atomic mass is 10.1. The van der Waals surface area contributed by atoms with E-state index in [1.54, 1.807) is 17.7 Å². The smallest absolute Gasteiger partial charge is 0.138 e. The van der Waals surface area contributed by atoms with Crippen LogP contribution in [0, 0.1) is 5.92 Å². The van der Waals surface area contributed by atoms with Gasteiger partial charge in [0.15, 0.2) is 0 Å². The Hall–Kier alpha value is -0.720.